The van der Waals surface area contributed by atoms with Gasteiger partial charge in [-0.15, -0.1) is 0 Å². The summed E-state index contributed by atoms with van der Waals surface area (Å²) in [4.78, 5) is 0. The molecule has 0 radical (unpaired) electrons. The molecule has 1 aliphatic carbocycles. The Balaban J connectivity index is 1.85. The topological polar surface area (TPSA) is 29.9 Å². The van der Waals surface area contributed by atoms with E-state index in [1.165, 1.54) is 19.3 Å². The molecule has 100 valence electrons. The van der Waals surface area contributed by atoms with Crippen LogP contribution in [-0.4, -0.2) is 15.8 Å². The molecule has 19 heavy (non-hydrogen) atoms. The van der Waals surface area contributed by atoms with E-state index in [1.54, 1.807) is 6.20 Å². The van der Waals surface area contributed by atoms with Gasteiger partial charge in [0.1, 0.15) is 5.69 Å². The molecular weight excluding hydrogens is 258 g/mol. The van der Waals surface area contributed by atoms with E-state index in [0.717, 1.165) is 17.3 Å². The standard InChI is InChI=1S/C15H18ClN3/c1-11(10-12-6-7-12)18-14-5-2-4-13(16)15(14)19-9-3-8-17-19/h2-5,8-9,11-12,18H,6-7,10H2,1H3. The maximum atomic E-state index is 6.32. The Morgan fingerprint density at radius 1 is 1.42 bits per heavy atom. The van der Waals surface area contributed by atoms with E-state index in [9.17, 15) is 0 Å². The Kier molecular flexibility index (Phi) is 3.47. The summed E-state index contributed by atoms with van der Waals surface area (Å²) in [6.07, 6.45) is 7.67. The lowest BCUT2D eigenvalue weighted by Crippen LogP contribution is -2.17. The predicted molar refractivity (Wildman–Crippen MR) is 79.0 cm³/mol. The summed E-state index contributed by atoms with van der Waals surface area (Å²) in [5, 5.41) is 8.56. The molecule has 0 aliphatic heterocycles. The number of anilines is 1. The molecule has 1 aliphatic rings. The lowest BCUT2D eigenvalue weighted by atomic mass is 10.1. The molecule has 1 aromatic heterocycles. The van der Waals surface area contributed by atoms with Crippen molar-refractivity contribution >= 4 is 17.3 Å². The van der Waals surface area contributed by atoms with Gasteiger partial charge in [0.15, 0.2) is 0 Å². The van der Waals surface area contributed by atoms with Crippen LogP contribution in [0.3, 0.4) is 0 Å². The van der Waals surface area contributed by atoms with Crippen LogP contribution in [0.1, 0.15) is 26.2 Å². The number of nitrogens with zero attached hydrogens (tertiary/aromatic N) is 2. The SMILES string of the molecule is CC(CC1CC1)Nc1cccc(Cl)c1-n1cccn1. The van der Waals surface area contributed by atoms with Gasteiger partial charge in [-0.25, -0.2) is 4.68 Å². The minimum absolute atomic E-state index is 0.459. The smallest absolute Gasteiger partial charge is 0.106 e. The molecule has 4 heteroatoms. The van der Waals surface area contributed by atoms with Crippen molar-refractivity contribution in [3.8, 4) is 5.69 Å². The van der Waals surface area contributed by atoms with Crippen LogP contribution in [0.25, 0.3) is 5.69 Å². The molecule has 0 spiro atoms. The van der Waals surface area contributed by atoms with Crippen LogP contribution < -0.4 is 5.32 Å². The summed E-state index contributed by atoms with van der Waals surface area (Å²) < 4.78 is 1.81. The van der Waals surface area contributed by atoms with Gasteiger partial charge in [-0.1, -0.05) is 30.5 Å². The summed E-state index contributed by atoms with van der Waals surface area (Å²) in [6.45, 7) is 2.23. The number of benzene rings is 1. The molecule has 1 N–H and O–H groups in total. The molecule has 3 rings (SSSR count). The van der Waals surface area contributed by atoms with Crippen molar-refractivity contribution in [3.05, 3.63) is 41.7 Å². The van der Waals surface area contributed by atoms with Crippen LogP contribution in [0, 0.1) is 5.92 Å². The van der Waals surface area contributed by atoms with Crippen molar-refractivity contribution in [2.45, 2.75) is 32.2 Å². The van der Waals surface area contributed by atoms with Crippen molar-refractivity contribution in [2.75, 3.05) is 5.32 Å². The van der Waals surface area contributed by atoms with Crippen molar-refractivity contribution in [3.63, 3.8) is 0 Å². The highest BCUT2D eigenvalue weighted by Crippen LogP contribution is 2.35. The summed E-state index contributed by atoms with van der Waals surface area (Å²) >= 11 is 6.32. The lowest BCUT2D eigenvalue weighted by Gasteiger charge is -2.18. The monoisotopic (exact) mass is 275 g/mol. The molecule has 1 heterocycles. The second-order valence-corrected chi connectivity index (χ2v) is 5.72. The Morgan fingerprint density at radius 3 is 2.95 bits per heavy atom. The number of nitrogens with one attached hydrogen (secondary N) is 1. The molecule has 0 saturated heterocycles. The molecule has 0 bridgehead atoms. The zero-order chi connectivity index (χ0) is 13.2. The molecule has 1 saturated carbocycles. The van der Waals surface area contributed by atoms with Crippen LogP contribution in [-0.2, 0) is 0 Å². The number of para-hydroxylation sites is 1. The van der Waals surface area contributed by atoms with Crippen molar-refractivity contribution in [1.82, 2.24) is 9.78 Å². The van der Waals surface area contributed by atoms with Gasteiger partial charge in [0.05, 0.1) is 10.7 Å². The first-order valence-corrected chi connectivity index (χ1v) is 7.17. The van der Waals surface area contributed by atoms with Crippen LogP contribution in [0.4, 0.5) is 5.69 Å². The molecule has 3 nitrogen and oxygen atoms in total. The first-order chi connectivity index (χ1) is 9.24. The number of rotatable bonds is 5. The van der Waals surface area contributed by atoms with E-state index in [2.05, 4.69) is 23.4 Å². The maximum absolute atomic E-state index is 6.32. The number of aromatic nitrogens is 2. The van der Waals surface area contributed by atoms with Crippen molar-refractivity contribution in [2.24, 2.45) is 5.92 Å². The molecule has 2 aromatic rings. The average Bonchev–Trinajstić information content (AvgIpc) is 3.02. The fourth-order valence-electron chi connectivity index (χ4n) is 2.44. The van der Waals surface area contributed by atoms with Crippen LogP contribution >= 0.6 is 11.6 Å². The second-order valence-electron chi connectivity index (χ2n) is 5.31. The van der Waals surface area contributed by atoms with Gasteiger partial charge < -0.3 is 5.32 Å². The summed E-state index contributed by atoms with van der Waals surface area (Å²) in [6, 6.07) is 8.30. The summed E-state index contributed by atoms with van der Waals surface area (Å²) in [5.74, 6) is 0.912. The molecular formula is C15H18ClN3. The molecule has 1 unspecified atom stereocenters. The maximum Gasteiger partial charge on any atom is 0.106 e. The predicted octanol–water partition coefficient (Wildman–Crippen LogP) is 4.13. The van der Waals surface area contributed by atoms with Gasteiger partial charge in [0, 0.05) is 18.4 Å². The van der Waals surface area contributed by atoms with Gasteiger partial charge >= 0.3 is 0 Å². The van der Waals surface area contributed by atoms with Gasteiger partial charge in [0.25, 0.3) is 0 Å². The first kappa shape index (κ1) is 12.5. The third-order valence-electron chi connectivity index (χ3n) is 3.51. The Bertz CT molecular complexity index is 547. The second kappa shape index (κ2) is 5.25. The molecule has 1 atom stereocenters. The van der Waals surface area contributed by atoms with E-state index in [-0.39, 0.29) is 0 Å². The van der Waals surface area contributed by atoms with E-state index >= 15 is 0 Å². The molecule has 1 aromatic carbocycles. The number of halogens is 1. The Labute approximate surface area is 118 Å². The number of hydrogen-bond donors (Lipinski definition) is 1. The fourth-order valence-corrected chi connectivity index (χ4v) is 2.70. The third kappa shape index (κ3) is 2.92. The van der Waals surface area contributed by atoms with Crippen LogP contribution in [0.15, 0.2) is 36.7 Å². The van der Waals surface area contributed by atoms with E-state index in [1.807, 2.05) is 29.1 Å². The third-order valence-corrected chi connectivity index (χ3v) is 3.81. The van der Waals surface area contributed by atoms with Crippen molar-refractivity contribution in [1.29, 1.82) is 0 Å². The summed E-state index contributed by atoms with van der Waals surface area (Å²) in [7, 11) is 0. The Hall–Kier alpha value is -1.48. The first-order valence-electron chi connectivity index (χ1n) is 6.79. The summed E-state index contributed by atoms with van der Waals surface area (Å²) in [5.41, 5.74) is 1.97. The average molecular weight is 276 g/mol. The Morgan fingerprint density at radius 2 is 2.26 bits per heavy atom. The highest BCUT2D eigenvalue weighted by atomic mass is 35.5. The zero-order valence-corrected chi connectivity index (χ0v) is 11.8. The van der Waals surface area contributed by atoms with Crippen LogP contribution in [0.5, 0.6) is 0 Å². The minimum atomic E-state index is 0.459. The van der Waals surface area contributed by atoms with E-state index < -0.39 is 0 Å². The zero-order valence-electron chi connectivity index (χ0n) is 11.0. The largest absolute Gasteiger partial charge is 0.381 e. The normalized spacial score (nSPS) is 16.3. The molecule has 0 amide bonds. The lowest BCUT2D eigenvalue weighted by molar-refractivity contribution is 0.641. The van der Waals surface area contributed by atoms with E-state index in [4.69, 9.17) is 11.6 Å². The number of hydrogen-bond acceptors (Lipinski definition) is 2. The van der Waals surface area contributed by atoms with Crippen LogP contribution in [0.2, 0.25) is 5.02 Å². The van der Waals surface area contributed by atoms with Gasteiger partial charge in [-0.3, -0.25) is 0 Å². The fraction of sp³-hybridized carbons (Fsp3) is 0.400. The minimum Gasteiger partial charge on any atom is -0.381 e. The van der Waals surface area contributed by atoms with Gasteiger partial charge in [-0.2, -0.15) is 5.10 Å². The van der Waals surface area contributed by atoms with Gasteiger partial charge in [-0.05, 0) is 37.5 Å². The quantitative estimate of drug-likeness (QED) is 0.889. The van der Waals surface area contributed by atoms with Crippen molar-refractivity contribution < 1.29 is 0 Å². The highest BCUT2D eigenvalue weighted by Gasteiger charge is 2.24. The van der Waals surface area contributed by atoms with E-state index in [0.29, 0.717) is 11.1 Å². The highest BCUT2D eigenvalue weighted by molar-refractivity contribution is 6.33. The van der Waals surface area contributed by atoms with Gasteiger partial charge in [0.2, 0.25) is 0 Å². The molecule has 1 fully saturated rings.